The zero-order valence-corrected chi connectivity index (χ0v) is 12.5. The number of rotatable bonds is 7. The normalized spacial score (nSPS) is 10.4. The zero-order valence-electron chi connectivity index (χ0n) is 12.5. The van der Waals surface area contributed by atoms with Crippen molar-refractivity contribution in [3.8, 4) is 0 Å². The minimum absolute atomic E-state index is 0.163. The Morgan fingerprint density at radius 2 is 2.19 bits per heavy atom. The van der Waals surface area contributed by atoms with E-state index in [1.54, 1.807) is 12.3 Å². The summed E-state index contributed by atoms with van der Waals surface area (Å²) in [6, 6.07) is 5.41. The number of pyridine rings is 1. The summed E-state index contributed by atoms with van der Waals surface area (Å²) in [4.78, 5) is 20.6. The Labute approximate surface area is 124 Å². The van der Waals surface area contributed by atoms with Gasteiger partial charge in [-0.2, -0.15) is 0 Å². The SMILES string of the molecule is CCCNc1cccc(C(=O)NCCc2nccn2C)n1. The molecule has 1 amide bonds. The molecule has 0 radical (unpaired) electrons. The lowest BCUT2D eigenvalue weighted by Crippen LogP contribution is -2.27. The van der Waals surface area contributed by atoms with Gasteiger partial charge < -0.3 is 15.2 Å². The number of hydrogen-bond acceptors (Lipinski definition) is 4. The summed E-state index contributed by atoms with van der Waals surface area (Å²) >= 11 is 0. The van der Waals surface area contributed by atoms with E-state index in [1.807, 2.05) is 29.9 Å². The van der Waals surface area contributed by atoms with E-state index in [-0.39, 0.29) is 5.91 Å². The van der Waals surface area contributed by atoms with Gasteiger partial charge in [-0.25, -0.2) is 9.97 Å². The third-order valence-electron chi connectivity index (χ3n) is 3.09. The van der Waals surface area contributed by atoms with Crippen molar-refractivity contribution in [2.24, 2.45) is 7.05 Å². The summed E-state index contributed by atoms with van der Waals surface area (Å²) in [5.74, 6) is 1.51. The van der Waals surface area contributed by atoms with Crippen LogP contribution in [0.15, 0.2) is 30.6 Å². The number of nitrogens with one attached hydrogen (secondary N) is 2. The third-order valence-corrected chi connectivity index (χ3v) is 3.09. The lowest BCUT2D eigenvalue weighted by molar-refractivity contribution is 0.0949. The molecule has 2 rings (SSSR count). The van der Waals surface area contributed by atoms with Gasteiger partial charge in [-0.1, -0.05) is 13.0 Å². The third kappa shape index (κ3) is 4.30. The number of aryl methyl sites for hydroxylation is 1. The van der Waals surface area contributed by atoms with Gasteiger partial charge in [-0.15, -0.1) is 0 Å². The highest BCUT2D eigenvalue weighted by Crippen LogP contribution is 2.05. The summed E-state index contributed by atoms with van der Waals surface area (Å²) in [7, 11) is 1.94. The predicted molar refractivity (Wildman–Crippen MR) is 82.3 cm³/mol. The van der Waals surface area contributed by atoms with Crippen LogP contribution in [0.3, 0.4) is 0 Å². The minimum atomic E-state index is -0.163. The van der Waals surface area contributed by atoms with Crippen LogP contribution in [-0.4, -0.2) is 33.5 Å². The van der Waals surface area contributed by atoms with Crippen LogP contribution in [0.25, 0.3) is 0 Å². The first-order chi connectivity index (χ1) is 10.2. The van der Waals surface area contributed by atoms with Crippen molar-refractivity contribution >= 4 is 11.7 Å². The first-order valence-electron chi connectivity index (χ1n) is 7.16. The molecule has 0 saturated carbocycles. The quantitative estimate of drug-likeness (QED) is 0.811. The Balaban J connectivity index is 1.86. The molecule has 6 heteroatoms. The molecule has 2 aromatic rings. The Kier molecular flexibility index (Phi) is 5.31. The van der Waals surface area contributed by atoms with Gasteiger partial charge in [-0.3, -0.25) is 4.79 Å². The first kappa shape index (κ1) is 15.0. The van der Waals surface area contributed by atoms with Crippen LogP contribution in [0.1, 0.15) is 29.7 Å². The fraction of sp³-hybridized carbons (Fsp3) is 0.400. The van der Waals surface area contributed by atoms with Gasteiger partial charge in [0.15, 0.2) is 0 Å². The van der Waals surface area contributed by atoms with Gasteiger partial charge in [0.2, 0.25) is 0 Å². The van der Waals surface area contributed by atoms with Crippen LogP contribution in [-0.2, 0) is 13.5 Å². The van der Waals surface area contributed by atoms with Gasteiger partial charge in [0.25, 0.3) is 5.91 Å². The van der Waals surface area contributed by atoms with Crippen molar-refractivity contribution in [1.29, 1.82) is 0 Å². The topological polar surface area (TPSA) is 71.8 Å². The number of carbonyl (C=O) groups excluding carboxylic acids is 1. The molecular weight excluding hydrogens is 266 g/mol. The number of anilines is 1. The fourth-order valence-electron chi connectivity index (χ4n) is 1.93. The molecule has 0 aliphatic heterocycles. The summed E-state index contributed by atoms with van der Waals surface area (Å²) in [6.07, 6.45) is 5.36. The molecule has 21 heavy (non-hydrogen) atoms. The zero-order chi connectivity index (χ0) is 15.1. The average molecular weight is 287 g/mol. The molecular formula is C15H21N5O. The lowest BCUT2D eigenvalue weighted by Gasteiger charge is -2.07. The molecule has 0 aromatic carbocycles. The van der Waals surface area contributed by atoms with E-state index in [2.05, 4.69) is 27.5 Å². The maximum Gasteiger partial charge on any atom is 0.269 e. The van der Waals surface area contributed by atoms with Crippen molar-refractivity contribution in [1.82, 2.24) is 19.9 Å². The fourth-order valence-corrected chi connectivity index (χ4v) is 1.93. The highest BCUT2D eigenvalue weighted by atomic mass is 16.1. The van der Waals surface area contributed by atoms with E-state index in [0.29, 0.717) is 18.7 Å². The molecule has 0 bridgehead atoms. The Morgan fingerprint density at radius 1 is 1.33 bits per heavy atom. The molecule has 0 unspecified atom stereocenters. The summed E-state index contributed by atoms with van der Waals surface area (Å²) < 4.78 is 1.94. The largest absolute Gasteiger partial charge is 0.370 e. The van der Waals surface area contributed by atoms with Gasteiger partial charge in [0.05, 0.1) is 0 Å². The maximum absolute atomic E-state index is 12.1. The van der Waals surface area contributed by atoms with Gasteiger partial charge in [0.1, 0.15) is 17.3 Å². The van der Waals surface area contributed by atoms with Gasteiger partial charge in [0, 0.05) is 39.0 Å². The van der Waals surface area contributed by atoms with E-state index in [0.717, 1.165) is 24.6 Å². The Hall–Kier alpha value is -2.37. The van der Waals surface area contributed by atoms with Crippen molar-refractivity contribution in [3.05, 3.63) is 42.1 Å². The summed E-state index contributed by atoms with van der Waals surface area (Å²) in [6.45, 7) is 3.47. The minimum Gasteiger partial charge on any atom is -0.370 e. The molecule has 2 heterocycles. The molecule has 2 N–H and O–H groups in total. The predicted octanol–water partition coefficient (Wildman–Crippen LogP) is 1.61. The highest BCUT2D eigenvalue weighted by molar-refractivity contribution is 5.92. The van der Waals surface area contributed by atoms with Crippen molar-refractivity contribution in [2.75, 3.05) is 18.4 Å². The average Bonchev–Trinajstić information content (AvgIpc) is 2.91. The molecule has 6 nitrogen and oxygen atoms in total. The van der Waals surface area contributed by atoms with Crippen LogP contribution < -0.4 is 10.6 Å². The summed E-state index contributed by atoms with van der Waals surface area (Å²) in [5.41, 5.74) is 0.427. The molecule has 0 aliphatic carbocycles. The van der Waals surface area contributed by atoms with Gasteiger partial charge >= 0.3 is 0 Å². The first-order valence-corrected chi connectivity index (χ1v) is 7.16. The van der Waals surface area contributed by atoms with E-state index >= 15 is 0 Å². The molecule has 0 atom stereocenters. The second-order valence-corrected chi connectivity index (χ2v) is 4.80. The van der Waals surface area contributed by atoms with Crippen LogP contribution in [0.4, 0.5) is 5.82 Å². The van der Waals surface area contributed by atoms with E-state index in [4.69, 9.17) is 0 Å². The van der Waals surface area contributed by atoms with Crippen LogP contribution in [0, 0.1) is 0 Å². The number of carbonyl (C=O) groups is 1. The van der Waals surface area contributed by atoms with Crippen LogP contribution >= 0.6 is 0 Å². The molecule has 0 spiro atoms. The molecule has 112 valence electrons. The van der Waals surface area contributed by atoms with E-state index < -0.39 is 0 Å². The standard InChI is InChI=1S/C15H21N5O/c1-3-8-16-13-6-4-5-12(19-13)15(21)18-9-7-14-17-10-11-20(14)2/h4-6,10-11H,3,7-9H2,1-2H3,(H,16,19)(H,18,21). The number of aromatic nitrogens is 3. The monoisotopic (exact) mass is 287 g/mol. The van der Waals surface area contributed by atoms with E-state index in [9.17, 15) is 4.79 Å². The van der Waals surface area contributed by atoms with Crippen LogP contribution in [0.2, 0.25) is 0 Å². The lowest BCUT2D eigenvalue weighted by atomic mass is 10.3. The smallest absolute Gasteiger partial charge is 0.269 e. The number of hydrogen-bond donors (Lipinski definition) is 2. The van der Waals surface area contributed by atoms with Crippen molar-refractivity contribution < 1.29 is 4.79 Å². The maximum atomic E-state index is 12.1. The van der Waals surface area contributed by atoms with Crippen molar-refractivity contribution in [3.63, 3.8) is 0 Å². The molecule has 2 aromatic heterocycles. The Bertz CT molecular complexity index is 593. The van der Waals surface area contributed by atoms with E-state index in [1.165, 1.54) is 0 Å². The Morgan fingerprint density at radius 3 is 2.90 bits per heavy atom. The highest BCUT2D eigenvalue weighted by Gasteiger charge is 2.08. The molecule has 0 saturated heterocycles. The molecule has 0 aliphatic rings. The number of nitrogens with zero attached hydrogens (tertiary/aromatic N) is 3. The summed E-state index contributed by atoms with van der Waals surface area (Å²) in [5, 5.41) is 6.04. The van der Waals surface area contributed by atoms with Gasteiger partial charge in [-0.05, 0) is 18.6 Å². The second kappa shape index (κ2) is 7.42. The second-order valence-electron chi connectivity index (χ2n) is 4.80. The van der Waals surface area contributed by atoms with Crippen LogP contribution in [0.5, 0.6) is 0 Å². The van der Waals surface area contributed by atoms with Crippen molar-refractivity contribution in [2.45, 2.75) is 19.8 Å². The number of amides is 1. The number of imidazole rings is 1. The molecule has 0 fully saturated rings.